The van der Waals surface area contributed by atoms with Crippen LogP contribution in [-0.4, -0.2) is 36.6 Å². The summed E-state index contributed by atoms with van der Waals surface area (Å²) in [7, 11) is 0. The molecule has 5 N–H and O–H groups in total. The molecule has 0 spiro atoms. The third-order valence-corrected chi connectivity index (χ3v) is 3.37. The van der Waals surface area contributed by atoms with E-state index in [1.807, 2.05) is 6.92 Å². The molecular weight excluding hydrogens is 340 g/mol. The van der Waals surface area contributed by atoms with Crippen molar-refractivity contribution in [2.45, 2.75) is 39.8 Å². The van der Waals surface area contributed by atoms with Crippen molar-refractivity contribution < 1.29 is 23.9 Å². The van der Waals surface area contributed by atoms with E-state index in [0.717, 1.165) is 0 Å². The second-order valence-corrected chi connectivity index (χ2v) is 5.87. The normalized spacial score (nSPS) is 12.7. The van der Waals surface area contributed by atoms with Crippen LogP contribution < -0.4 is 31.4 Å². The molecule has 4 amide bonds. The summed E-state index contributed by atoms with van der Waals surface area (Å²) < 4.78 is 10.8. The standard InChI is InChI=1S/C17H26N4O5/c1-5-25-12-6-8-13(9-7-12)26-11(4)15(22)20-21-16(23)14(10(2)3)19-17(18)24/h6-11,14H,5H2,1-4H3,(H,20,22)(H,21,23)(H3,18,19,24)/t11-,14+/m1/s1. The topological polar surface area (TPSA) is 132 Å². The highest BCUT2D eigenvalue weighted by Crippen LogP contribution is 2.18. The molecule has 0 saturated heterocycles. The molecule has 0 aliphatic carbocycles. The molecule has 9 heteroatoms. The average molecular weight is 366 g/mol. The lowest BCUT2D eigenvalue weighted by molar-refractivity contribution is -0.133. The highest BCUT2D eigenvalue weighted by molar-refractivity contribution is 5.89. The molecule has 9 nitrogen and oxygen atoms in total. The lowest BCUT2D eigenvalue weighted by Crippen LogP contribution is -2.56. The van der Waals surface area contributed by atoms with E-state index in [2.05, 4.69) is 16.2 Å². The Morgan fingerprint density at radius 2 is 1.54 bits per heavy atom. The number of carbonyl (C=O) groups excluding carboxylic acids is 3. The second-order valence-electron chi connectivity index (χ2n) is 5.87. The van der Waals surface area contributed by atoms with E-state index in [0.29, 0.717) is 18.1 Å². The minimum absolute atomic E-state index is 0.211. The van der Waals surface area contributed by atoms with Gasteiger partial charge < -0.3 is 20.5 Å². The number of urea groups is 1. The molecule has 0 heterocycles. The molecular formula is C17H26N4O5. The van der Waals surface area contributed by atoms with Crippen LogP contribution in [0.3, 0.4) is 0 Å². The van der Waals surface area contributed by atoms with E-state index >= 15 is 0 Å². The number of hydrazine groups is 1. The van der Waals surface area contributed by atoms with Gasteiger partial charge in [0.05, 0.1) is 6.61 Å². The summed E-state index contributed by atoms with van der Waals surface area (Å²) >= 11 is 0. The zero-order chi connectivity index (χ0) is 19.7. The first-order valence-electron chi connectivity index (χ1n) is 8.29. The maximum absolute atomic E-state index is 12.1. The number of nitrogens with one attached hydrogen (secondary N) is 3. The van der Waals surface area contributed by atoms with Gasteiger partial charge in [-0.3, -0.25) is 20.4 Å². The van der Waals surface area contributed by atoms with Gasteiger partial charge in [-0.2, -0.15) is 0 Å². The minimum Gasteiger partial charge on any atom is -0.494 e. The molecule has 26 heavy (non-hydrogen) atoms. The fourth-order valence-corrected chi connectivity index (χ4v) is 2.03. The van der Waals surface area contributed by atoms with Gasteiger partial charge in [-0.15, -0.1) is 0 Å². The molecule has 0 radical (unpaired) electrons. The molecule has 0 unspecified atom stereocenters. The zero-order valence-electron chi connectivity index (χ0n) is 15.4. The van der Waals surface area contributed by atoms with Crippen molar-refractivity contribution in [3.8, 4) is 11.5 Å². The number of nitrogens with two attached hydrogens (primary N) is 1. The van der Waals surface area contributed by atoms with Crippen LogP contribution in [0.4, 0.5) is 4.79 Å². The van der Waals surface area contributed by atoms with Gasteiger partial charge in [0.25, 0.3) is 11.8 Å². The summed E-state index contributed by atoms with van der Waals surface area (Å²) in [5, 5.41) is 2.32. The van der Waals surface area contributed by atoms with Gasteiger partial charge >= 0.3 is 6.03 Å². The highest BCUT2D eigenvalue weighted by Gasteiger charge is 2.24. The number of hydrogen-bond acceptors (Lipinski definition) is 5. The zero-order valence-corrected chi connectivity index (χ0v) is 15.4. The van der Waals surface area contributed by atoms with Gasteiger partial charge in [-0.25, -0.2) is 4.79 Å². The summed E-state index contributed by atoms with van der Waals surface area (Å²) in [6.45, 7) is 7.45. The summed E-state index contributed by atoms with van der Waals surface area (Å²) in [4.78, 5) is 35.1. The lowest BCUT2D eigenvalue weighted by Gasteiger charge is -2.21. The summed E-state index contributed by atoms with van der Waals surface area (Å²) in [6, 6.07) is 5.13. The summed E-state index contributed by atoms with van der Waals surface area (Å²) in [6.07, 6.45) is -0.852. The Labute approximate surface area is 152 Å². The first-order valence-corrected chi connectivity index (χ1v) is 8.29. The van der Waals surface area contributed by atoms with E-state index in [1.165, 1.54) is 0 Å². The third-order valence-electron chi connectivity index (χ3n) is 3.37. The SMILES string of the molecule is CCOc1ccc(O[C@H](C)C(=O)NNC(=O)[C@@H](NC(N)=O)C(C)C)cc1. The maximum atomic E-state index is 12.1. The van der Waals surface area contributed by atoms with Crippen molar-refractivity contribution in [2.24, 2.45) is 11.7 Å². The Balaban J connectivity index is 2.52. The van der Waals surface area contributed by atoms with Crippen LogP contribution in [0.15, 0.2) is 24.3 Å². The Morgan fingerprint density at radius 1 is 1.00 bits per heavy atom. The van der Waals surface area contributed by atoms with Crippen molar-refractivity contribution in [2.75, 3.05) is 6.61 Å². The smallest absolute Gasteiger partial charge is 0.312 e. The third kappa shape index (κ3) is 6.88. The van der Waals surface area contributed by atoms with Crippen molar-refractivity contribution >= 4 is 17.8 Å². The number of amides is 4. The largest absolute Gasteiger partial charge is 0.494 e. The quantitative estimate of drug-likeness (QED) is 0.503. The fraction of sp³-hybridized carbons (Fsp3) is 0.471. The first kappa shape index (κ1) is 21.1. The van der Waals surface area contributed by atoms with E-state index in [4.69, 9.17) is 15.2 Å². The van der Waals surface area contributed by atoms with Gasteiger partial charge in [-0.1, -0.05) is 13.8 Å². The number of primary amides is 1. The monoisotopic (exact) mass is 366 g/mol. The van der Waals surface area contributed by atoms with Gasteiger partial charge in [0, 0.05) is 0 Å². The minimum atomic E-state index is -0.866. The van der Waals surface area contributed by atoms with Crippen molar-refractivity contribution in [1.82, 2.24) is 16.2 Å². The van der Waals surface area contributed by atoms with Gasteiger partial charge in [0.15, 0.2) is 6.10 Å². The Hall–Kier alpha value is -2.97. The molecule has 0 saturated carbocycles. The Bertz CT molecular complexity index is 618. The molecule has 2 atom stereocenters. The van der Waals surface area contributed by atoms with E-state index in [1.54, 1.807) is 45.0 Å². The van der Waals surface area contributed by atoms with E-state index in [-0.39, 0.29) is 5.92 Å². The molecule has 1 rings (SSSR count). The van der Waals surface area contributed by atoms with E-state index < -0.39 is 30.0 Å². The fourth-order valence-electron chi connectivity index (χ4n) is 2.03. The molecule has 0 bridgehead atoms. The average Bonchev–Trinajstić information content (AvgIpc) is 2.58. The number of ether oxygens (including phenoxy) is 2. The van der Waals surface area contributed by atoms with Crippen LogP contribution in [0, 0.1) is 5.92 Å². The molecule has 0 aliphatic heterocycles. The Morgan fingerprint density at radius 3 is 2.04 bits per heavy atom. The van der Waals surface area contributed by atoms with Crippen molar-refractivity contribution in [3.63, 3.8) is 0 Å². The molecule has 0 aromatic heterocycles. The van der Waals surface area contributed by atoms with Crippen LogP contribution in [0.5, 0.6) is 11.5 Å². The molecule has 1 aromatic carbocycles. The van der Waals surface area contributed by atoms with Crippen LogP contribution in [0.25, 0.3) is 0 Å². The number of benzene rings is 1. The Kier molecular flexibility index (Phi) is 8.20. The van der Waals surface area contributed by atoms with Crippen LogP contribution in [-0.2, 0) is 9.59 Å². The van der Waals surface area contributed by atoms with Gasteiger partial charge in [0.2, 0.25) is 0 Å². The van der Waals surface area contributed by atoms with Crippen LogP contribution in [0.2, 0.25) is 0 Å². The van der Waals surface area contributed by atoms with Crippen molar-refractivity contribution in [3.05, 3.63) is 24.3 Å². The summed E-state index contributed by atoms with van der Waals surface area (Å²) in [5.74, 6) is -0.157. The first-order chi connectivity index (χ1) is 12.2. The van der Waals surface area contributed by atoms with Gasteiger partial charge in [0.1, 0.15) is 17.5 Å². The molecule has 1 aromatic rings. The maximum Gasteiger partial charge on any atom is 0.312 e. The van der Waals surface area contributed by atoms with E-state index in [9.17, 15) is 14.4 Å². The summed E-state index contributed by atoms with van der Waals surface area (Å²) in [5.41, 5.74) is 9.56. The highest BCUT2D eigenvalue weighted by atomic mass is 16.5. The lowest BCUT2D eigenvalue weighted by atomic mass is 10.0. The number of hydrogen-bond donors (Lipinski definition) is 4. The predicted molar refractivity (Wildman–Crippen MR) is 95.3 cm³/mol. The van der Waals surface area contributed by atoms with Crippen LogP contribution in [0.1, 0.15) is 27.7 Å². The van der Waals surface area contributed by atoms with Crippen molar-refractivity contribution in [1.29, 1.82) is 0 Å². The predicted octanol–water partition coefficient (Wildman–Crippen LogP) is 0.693. The molecule has 144 valence electrons. The number of rotatable bonds is 8. The number of carbonyl (C=O) groups is 3. The molecule has 0 fully saturated rings. The molecule has 0 aliphatic rings. The second kappa shape index (κ2) is 10.1. The van der Waals surface area contributed by atoms with Gasteiger partial charge in [-0.05, 0) is 44.0 Å². The van der Waals surface area contributed by atoms with Crippen LogP contribution >= 0.6 is 0 Å².